The maximum Gasteiger partial charge on any atom is 0.490 e. The summed E-state index contributed by atoms with van der Waals surface area (Å²) in [5, 5.41) is 10.5. The van der Waals surface area contributed by atoms with Gasteiger partial charge in [-0.1, -0.05) is 98.5 Å². The first kappa shape index (κ1) is 38.1. The highest BCUT2D eigenvalue weighted by molar-refractivity contribution is 5.76. The van der Waals surface area contributed by atoms with E-state index < -0.39 is 12.1 Å². The molecule has 5 rings (SSSR count). The SMILES string of the molecule is COCCNCc1ccc(-c2cccc(CN(C(=O)CCC3CCCC3)C3CCN(Cc4ccccc4)CC3)c2)cc1.O=C(O)C(F)(F)F. The van der Waals surface area contributed by atoms with E-state index >= 15 is 0 Å². The number of nitrogens with zero attached hydrogens (tertiary/aromatic N) is 2. The summed E-state index contributed by atoms with van der Waals surface area (Å²) in [6.07, 6.45) is 4.01. The number of amides is 1. The highest BCUT2D eigenvalue weighted by Gasteiger charge is 2.38. The zero-order valence-electron chi connectivity index (χ0n) is 28.5. The molecule has 1 aliphatic heterocycles. The van der Waals surface area contributed by atoms with Gasteiger partial charge in [-0.2, -0.15) is 13.2 Å². The summed E-state index contributed by atoms with van der Waals surface area (Å²) in [6, 6.07) is 28.7. The highest BCUT2D eigenvalue weighted by atomic mass is 19.4. The quantitative estimate of drug-likeness (QED) is 0.170. The fraction of sp³-hybridized carbons (Fsp3) is 0.487. The molecule has 3 aromatic carbocycles. The minimum atomic E-state index is -5.08. The Kier molecular flexibility index (Phi) is 15.1. The van der Waals surface area contributed by atoms with Crippen LogP contribution in [-0.4, -0.2) is 72.4 Å². The molecule has 10 heteroatoms. The van der Waals surface area contributed by atoms with E-state index in [4.69, 9.17) is 14.6 Å². The van der Waals surface area contributed by atoms with Crippen LogP contribution >= 0.6 is 0 Å². The number of rotatable bonds is 14. The minimum absolute atomic E-state index is 0.307. The molecular formula is C39H50F3N3O4. The first-order chi connectivity index (χ1) is 23.6. The fourth-order valence-electron chi connectivity index (χ4n) is 6.69. The number of hydrogen-bond acceptors (Lipinski definition) is 5. The van der Waals surface area contributed by atoms with Crippen LogP contribution in [0.2, 0.25) is 0 Å². The maximum absolute atomic E-state index is 13.8. The number of nitrogens with one attached hydrogen (secondary N) is 1. The number of hydrogen-bond donors (Lipinski definition) is 2. The number of ether oxygens (including phenoxy) is 1. The standard InChI is InChI=1S/C37H49N3O2.C2HF3O2/c1-42-25-22-38-27-31-14-17-34(18-15-31)35-13-7-12-33(26-35)29-40(37(41)19-16-30-8-5-6-9-30)36-20-23-39(24-21-36)28-32-10-3-2-4-11-32;3-2(4,5)1(6)7/h2-4,7,10-15,17-18,26,30,36,38H,5-6,8-9,16,19-25,27-29H2,1H3;(H,6,7). The first-order valence-electron chi connectivity index (χ1n) is 17.4. The highest BCUT2D eigenvalue weighted by Crippen LogP contribution is 2.30. The monoisotopic (exact) mass is 681 g/mol. The van der Waals surface area contributed by atoms with Crippen LogP contribution in [0.3, 0.4) is 0 Å². The van der Waals surface area contributed by atoms with Crippen LogP contribution in [0.25, 0.3) is 11.1 Å². The van der Waals surface area contributed by atoms with Gasteiger partial charge in [0.1, 0.15) is 0 Å². The lowest BCUT2D eigenvalue weighted by Crippen LogP contribution is -2.46. The summed E-state index contributed by atoms with van der Waals surface area (Å²) in [7, 11) is 1.73. The Labute approximate surface area is 288 Å². The summed E-state index contributed by atoms with van der Waals surface area (Å²) < 4.78 is 36.9. The molecule has 1 amide bonds. The van der Waals surface area contributed by atoms with Crippen molar-refractivity contribution < 1.29 is 32.6 Å². The molecule has 49 heavy (non-hydrogen) atoms. The van der Waals surface area contributed by atoms with E-state index in [1.165, 1.54) is 53.5 Å². The predicted molar refractivity (Wildman–Crippen MR) is 186 cm³/mol. The molecule has 2 aliphatic rings. The number of carboxylic acids is 1. The molecule has 3 aromatic rings. The summed E-state index contributed by atoms with van der Waals surface area (Å²) in [5.41, 5.74) is 6.28. The van der Waals surface area contributed by atoms with Crippen LogP contribution in [0.15, 0.2) is 78.9 Å². The molecule has 1 saturated heterocycles. The van der Waals surface area contributed by atoms with Gasteiger partial charge >= 0.3 is 12.1 Å². The molecule has 266 valence electrons. The van der Waals surface area contributed by atoms with Crippen LogP contribution in [0.5, 0.6) is 0 Å². The van der Waals surface area contributed by atoms with Crippen molar-refractivity contribution in [1.82, 2.24) is 15.1 Å². The zero-order chi connectivity index (χ0) is 35.1. The Balaban J connectivity index is 0.000000698. The second kappa shape index (κ2) is 19.5. The number of benzene rings is 3. The van der Waals surface area contributed by atoms with Crippen molar-refractivity contribution in [1.29, 1.82) is 0 Å². The van der Waals surface area contributed by atoms with Crippen molar-refractivity contribution in [2.75, 3.05) is 33.4 Å². The maximum atomic E-state index is 13.8. The average Bonchev–Trinajstić information content (AvgIpc) is 3.63. The molecule has 0 radical (unpaired) electrons. The summed E-state index contributed by atoms with van der Waals surface area (Å²) in [6.45, 7) is 6.18. The molecule has 0 bridgehead atoms. The smallest absolute Gasteiger partial charge is 0.475 e. The molecule has 1 aliphatic carbocycles. The number of alkyl halides is 3. The Morgan fingerprint density at radius 2 is 1.53 bits per heavy atom. The topological polar surface area (TPSA) is 82.1 Å². The van der Waals surface area contributed by atoms with Gasteiger partial charge in [-0.15, -0.1) is 0 Å². The minimum Gasteiger partial charge on any atom is -0.475 e. The normalized spacial score (nSPS) is 15.8. The molecule has 2 fully saturated rings. The van der Waals surface area contributed by atoms with Crippen LogP contribution < -0.4 is 5.32 Å². The second-order valence-electron chi connectivity index (χ2n) is 13.1. The van der Waals surface area contributed by atoms with E-state index in [2.05, 4.69) is 94.0 Å². The molecule has 2 N–H and O–H groups in total. The van der Waals surface area contributed by atoms with Gasteiger partial charge in [0.25, 0.3) is 0 Å². The molecule has 0 aromatic heterocycles. The molecule has 1 heterocycles. The predicted octanol–water partition coefficient (Wildman–Crippen LogP) is 7.69. The summed E-state index contributed by atoms with van der Waals surface area (Å²) >= 11 is 0. The Morgan fingerprint density at radius 3 is 2.16 bits per heavy atom. The third-order valence-corrected chi connectivity index (χ3v) is 9.43. The number of halogens is 3. The van der Waals surface area contributed by atoms with E-state index in [0.29, 0.717) is 24.9 Å². The van der Waals surface area contributed by atoms with Crippen molar-refractivity contribution in [3.8, 4) is 11.1 Å². The first-order valence-corrected chi connectivity index (χ1v) is 17.4. The van der Waals surface area contributed by atoms with Crippen molar-refractivity contribution in [2.24, 2.45) is 5.92 Å². The Hall–Kier alpha value is -3.73. The van der Waals surface area contributed by atoms with E-state index in [0.717, 1.165) is 64.5 Å². The van der Waals surface area contributed by atoms with E-state index in [1.54, 1.807) is 7.11 Å². The van der Waals surface area contributed by atoms with Crippen LogP contribution in [0, 0.1) is 5.92 Å². The van der Waals surface area contributed by atoms with Crippen LogP contribution in [0.4, 0.5) is 13.2 Å². The number of aliphatic carboxylic acids is 1. The summed E-state index contributed by atoms with van der Waals surface area (Å²) in [4.78, 5) is 27.5. The number of methoxy groups -OCH3 is 1. The number of piperidine rings is 1. The Bertz CT molecular complexity index is 1420. The van der Waals surface area contributed by atoms with E-state index in [-0.39, 0.29) is 0 Å². The number of carboxylic acid groups (broad SMARTS) is 1. The lowest BCUT2D eigenvalue weighted by atomic mass is 9.97. The Morgan fingerprint density at radius 1 is 0.878 bits per heavy atom. The van der Waals surface area contributed by atoms with Crippen molar-refractivity contribution >= 4 is 11.9 Å². The van der Waals surface area contributed by atoms with Crippen LogP contribution in [-0.2, 0) is 34.0 Å². The average molecular weight is 682 g/mol. The molecule has 0 unspecified atom stereocenters. The lowest BCUT2D eigenvalue weighted by Gasteiger charge is -2.39. The second-order valence-corrected chi connectivity index (χ2v) is 13.1. The van der Waals surface area contributed by atoms with Gasteiger partial charge in [0.2, 0.25) is 5.91 Å². The summed E-state index contributed by atoms with van der Waals surface area (Å²) in [5.74, 6) is -1.67. The fourth-order valence-corrected chi connectivity index (χ4v) is 6.69. The lowest BCUT2D eigenvalue weighted by molar-refractivity contribution is -0.192. The van der Waals surface area contributed by atoms with Gasteiger partial charge in [0.05, 0.1) is 6.61 Å². The molecule has 1 saturated carbocycles. The van der Waals surface area contributed by atoms with Crippen molar-refractivity contribution in [2.45, 2.75) is 83.2 Å². The van der Waals surface area contributed by atoms with Gasteiger partial charge in [-0.05, 0) is 59.1 Å². The molecular weight excluding hydrogens is 631 g/mol. The van der Waals surface area contributed by atoms with Crippen molar-refractivity contribution in [3.63, 3.8) is 0 Å². The number of carbonyl (C=O) groups excluding carboxylic acids is 1. The number of carbonyl (C=O) groups is 2. The number of likely N-dealkylation sites (tertiary alicyclic amines) is 1. The van der Waals surface area contributed by atoms with Gasteiger partial charge in [0.15, 0.2) is 0 Å². The zero-order valence-corrected chi connectivity index (χ0v) is 28.5. The van der Waals surface area contributed by atoms with Gasteiger partial charge in [-0.3, -0.25) is 9.69 Å². The van der Waals surface area contributed by atoms with Gasteiger partial charge in [0, 0.05) is 58.8 Å². The third kappa shape index (κ3) is 12.9. The molecule has 0 spiro atoms. The van der Waals surface area contributed by atoms with Gasteiger partial charge in [-0.25, -0.2) is 4.79 Å². The molecule has 7 nitrogen and oxygen atoms in total. The third-order valence-electron chi connectivity index (χ3n) is 9.43. The molecule has 0 atom stereocenters. The van der Waals surface area contributed by atoms with E-state index in [9.17, 15) is 18.0 Å². The largest absolute Gasteiger partial charge is 0.490 e. The van der Waals surface area contributed by atoms with E-state index in [1.807, 2.05) is 0 Å². The van der Waals surface area contributed by atoms with Gasteiger partial charge < -0.3 is 20.1 Å². The van der Waals surface area contributed by atoms with Crippen LogP contribution in [0.1, 0.15) is 68.1 Å². The van der Waals surface area contributed by atoms with Crippen molar-refractivity contribution in [3.05, 3.63) is 95.6 Å².